The van der Waals surface area contributed by atoms with E-state index in [1.807, 2.05) is 37.3 Å². The average Bonchev–Trinajstić information content (AvgIpc) is 2.98. The Labute approximate surface area is 141 Å². The zero-order valence-electron chi connectivity index (χ0n) is 14.1. The number of rotatable bonds is 5. The molecule has 24 heavy (non-hydrogen) atoms. The zero-order chi connectivity index (χ0) is 17.3. The number of hydrogen-bond donors (Lipinski definition) is 2. The van der Waals surface area contributed by atoms with E-state index < -0.39 is 0 Å². The molecule has 2 atom stereocenters. The van der Waals surface area contributed by atoms with Crippen LogP contribution in [0, 0.1) is 6.92 Å². The quantitative estimate of drug-likeness (QED) is 0.882. The summed E-state index contributed by atoms with van der Waals surface area (Å²) in [5, 5.41) is 19.5. The van der Waals surface area contributed by atoms with Gasteiger partial charge < -0.3 is 24.4 Å². The molecule has 0 aliphatic carbocycles. The first kappa shape index (κ1) is 16.6. The summed E-state index contributed by atoms with van der Waals surface area (Å²) in [5.41, 5.74) is 3.60. The largest absolute Gasteiger partial charge is 0.493 e. The Morgan fingerprint density at radius 3 is 2.42 bits per heavy atom. The molecule has 5 heteroatoms. The number of methoxy groups -OCH3 is 2. The fraction of sp³-hybridized carbons (Fsp3) is 0.368. The molecule has 2 aromatic carbocycles. The second kappa shape index (κ2) is 6.71. The number of aliphatic hydroxyl groups is 2. The van der Waals surface area contributed by atoms with Crippen LogP contribution in [0.25, 0.3) is 0 Å². The lowest BCUT2D eigenvalue weighted by molar-refractivity contribution is 0.157. The van der Waals surface area contributed by atoms with Crippen molar-refractivity contribution in [1.82, 2.24) is 0 Å². The van der Waals surface area contributed by atoms with E-state index >= 15 is 0 Å². The van der Waals surface area contributed by atoms with Crippen molar-refractivity contribution in [3.63, 3.8) is 0 Å². The number of hydrogen-bond acceptors (Lipinski definition) is 5. The fourth-order valence-electron chi connectivity index (χ4n) is 3.31. The molecule has 128 valence electrons. The molecule has 5 nitrogen and oxygen atoms in total. The molecule has 0 amide bonds. The van der Waals surface area contributed by atoms with Crippen LogP contribution >= 0.6 is 0 Å². The molecule has 2 aromatic rings. The topological polar surface area (TPSA) is 68.2 Å². The molecule has 0 fully saturated rings. The Bertz CT molecular complexity index is 741. The van der Waals surface area contributed by atoms with E-state index in [9.17, 15) is 10.2 Å². The lowest BCUT2D eigenvalue weighted by Gasteiger charge is -2.19. The predicted octanol–water partition coefficient (Wildman–Crippen LogP) is 2.71. The monoisotopic (exact) mass is 330 g/mol. The lowest BCUT2D eigenvalue weighted by Crippen LogP contribution is -2.13. The van der Waals surface area contributed by atoms with E-state index in [0.717, 1.165) is 22.3 Å². The second-order valence-electron chi connectivity index (χ2n) is 5.94. The zero-order valence-corrected chi connectivity index (χ0v) is 14.1. The van der Waals surface area contributed by atoms with E-state index in [1.165, 1.54) is 0 Å². The van der Waals surface area contributed by atoms with Gasteiger partial charge in [-0.05, 0) is 24.6 Å². The third kappa shape index (κ3) is 2.70. The molecule has 1 aliphatic rings. The first-order valence-electron chi connectivity index (χ1n) is 7.86. The Hall–Kier alpha value is -2.24. The highest BCUT2D eigenvalue weighted by molar-refractivity contribution is 5.52. The molecular weight excluding hydrogens is 308 g/mol. The number of fused-ring (bicyclic) bond motifs is 1. The maximum Gasteiger partial charge on any atom is 0.161 e. The molecule has 3 rings (SSSR count). The van der Waals surface area contributed by atoms with Crippen molar-refractivity contribution in [2.24, 2.45) is 0 Å². The minimum Gasteiger partial charge on any atom is -0.493 e. The molecule has 1 aliphatic heterocycles. The van der Waals surface area contributed by atoms with Gasteiger partial charge in [-0.15, -0.1) is 0 Å². The Morgan fingerprint density at radius 2 is 1.79 bits per heavy atom. The van der Waals surface area contributed by atoms with Gasteiger partial charge in [-0.25, -0.2) is 0 Å². The average molecular weight is 330 g/mol. The first-order valence-corrected chi connectivity index (χ1v) is 7.86. The molecule has 2 unspecified atom stereocenters. The molecule has 0 saturated carbocycles. The van der Waals surface area contributed by atoms with Crippen LogP contribution in [-0.4, -0.2) is 31.0 Å². The predicted molar refractivity (Wildman–Crippen MR) is 89.8 cm³/mol. The van der Waals surface area contributed by atoms with Crippen LogP contribution in [0.5, 0.6) is 17.2 Å². The van der Waals surface area contributed by atoms with Crippen molar-refractivity contribution < 1.29 is 24.4 Å². The maximum absolute atomic E-state index is 9.93. The van der Waals surface area contributed by atoms with Crippen LogP contribution < -0.4 is 14.2 Å². The number of ether oxygens (including phenoxy) is 3. The molecule has 0 radical (unpaired) electrons. The van der Waals surface area contributed by atoms with Crippen molar-refractivity contribution in [1.29, 1.82) is 0 Å². The standard InChI is InChI=1S/C19H22O5/c1-11-6-13(9-20)19-14(7-11)15(10-21)18(24-19)12-4-5-16(22-2)17(8-12)23-3/h4-8,15,18,20-21H,9-10H2,1-3H3. The minimum atomic E-state index is -0.336. The van der Waals surface area contributed by atoms with E-state index in [1.54, 1.807) is 14.2 Å². The van der Waals surface area contributed by atoms with Gasteiger partial charge in [0.05, 0.1) is 33.4 Å². The summed E-state index contributed by atoms with van der Waals surface area (Å²) < 4.78 is 16.8. The Balaban J connectivity index is 2.04. The van der Waals surface area contributed by atoms with E-state index in [-0.39, 0.29) is 25.2 Å². The van der Waals surface area contributed by atoms with Gasteiger partial charge in [0.2, 0.25) is 0 Å². The van der Waals surface area contributed by atoms with Gasteiger partial charge >= 0.3 is 0 Å². The molecule has 2 N–H and O–H groups in total. The van der Waals surface area contributed by atoms with Gasteiger partial charge in [0.1, 0.15) is 11.9 Å². The van der Waals surface area contributed by atoms with Crippen molar-refractivity contribution in [2.45, 2.75) is 25.6 Å². The maximum atomic E-state index is 9.93. The van der Waals surface area contributed by atoms with Crippen LogP contribution in [0.1, 0.15) is 34.3 Å². The third-order valence-electron chi connectivity index (χ3n) is 4.45. The normalized spacial score (nSPS) is 18.9. The van der Waals surface area contributed by atoms with Crippen molar-refractivity contribution in [3.05, 3.63) is 52.6 Å². The van der Waals surface area contributed by atoms with E-state index in [4.69, 9.17) is 14.2 Å². The third-order valence-corrected chi connectivity index (χ3v) is 4.45. The van der Waals surface area contributed by atoms with Crippen LogP contribution in [0.3, 0.4) is 0 Å². The van der Waals surface area contributed by atoms with Crippen LogP contribution in [-0.2, 0) is 6.61 Å². The second-order valence-corrected chi connectivity index (χ2v) is 5.94. The van der Waals surface area contributed by atoms with Crippen molar-refractivity contribution in [2.75, 3.05) is 20.8 Å². The number of aryl methyl sites for hydroxylation is 1. The van der Waals surface area contributed by atoms with Crippen molar-refractivity contribution in [3.8, 4) is 17.2 Å². The highest BCUT2D eigenvalue weighted by Crippen LogP contribution is 2.49. The van der Waals surface area contributed by atoms with Gasteiger partial charge in [0, 0.05) is 11.1 Å². The number of benzene rings is 2. The van der Waals surface area contributed by atoms with E-state index in [2.05, 4.69) is 0 Å². The summed E-state index contributed by atoms with van der Waals surface area (Å²) in [7, 11) is 3.18. The summed E-state index contributed by atoms with van der Waals surface area (Å²) in [6, 6.07) is 9.52. The summed E-state index contributed by atoms with van der Waals surface area (Å²) in [4.78, 5) is 0. The molecule has 0 spiro atoms. The SMILES string of the molecule is COc1ccc(C2Oc3c(CO)cc(C)cc3C2CO)cc1OC. The molecule has 0 saturated heterocycles. The smallest absolute Gasteiger partial charge is 0.161 e. The van der Waals surface area contributed by atoms with Gasteiger partial charge in [0.15, 0.2) is 11.5 Å². The minimum absolute atomic E-state index is 0.0413. The Morgan fingerprint density at radius 1 is 1.04 bits per heavy atom. The van der Waals surface area contributed by atoms with Gasteiger partial charge in [-0.3, -0.25) is 0 Å². The van der Waals surface area contributed by atoms with Gasteiger partial charge in [-0.1, -0.05) is 23.8 Å². The Kier molecular flexibility index (Phi) is 4.64. The first-order chi connectivity index (χ1) is 11.6. The summed E-state index contributed by atoms with van der Waals surface area (Å²) in [6.45, 7) is 1.83. The van der Waals surface area contributed by atoms with Gasteiger partial charge in [-0.2, -0.15) is 0 Å². The summed E-state index contributed by atoms with van der Waals surface area (Å²) >= 11 is 0. The van der Waals surface area contributed by atoms with Crippen LogP contribution in [0.15, 0.2) is 30.3 Å². The van der Waals surface area contributed by atoms with Gasteiger partial charge in [0.25, 0.3) is 0 Å². The summed E-state index contributed by atoms with van der Waals surface area (Å²) in [6.07, 6.45) is -0.336. The van der Waals surface area contributed by atoms with Crippen LogP contribution in [0.4, 0.5) is 0 Å². The highest BCUT2D eigenvalue weighted by Gasteiger charge is 2.37. The molecule has 1 heterocycles. The molecular formula is C19H22O5. The summed E-state index contributed by atoms with van der Waals surface area (Å²) in [5.74, 6) is 1.74. The lowest BCUT2D eigenvalue weighted by atomic mass is 9.90. The number of aliphatic hydroxyl groups excluding tert-OH is 2. The molecule has 0 aromatic heterocycles. The van der Waals surface area contributed by atoms with E-state index in [0.29, 0.717) is 17.2 Å². The van der Waals surface area contributed by atoms with Crippen LogP contribution in [0.2, 0.25) is 0 Å². The fourth-order valence-corrected chi connectivity index (χ4v) is 3.31. The highest BCUT2D eigenvalue weighted by atomic mass is 16.5. The van der Waals surface area contributed by atoms with Crippen molar-refractivity contribution >= 4 is 0 Å². The molecule has 0 bridgehead atoms.